The van der Waals surface area contributed by atoms with E-state index in [0.29, 0.717) is 30.2 Å². The van der Waals surface area contributed by atoms with Gasteiger partial charge < -0.3 is 20.1 Å². The first-order valence-electron chi connectivity index (χ1n) is 8.56. The Kier molecular flexibility index (Phi) is 5.91. The molecule has 2 aromatic rings. The van der Waals surface area contributed by atoms with Gasteiger partial charge in [0.2, 0.25) is 5.91 Å². The largest absolute Gasteiger partial charge is 0.493 e. The van der Waals surface area contributed by atoms with Crippen LogP contribution < -0.4 is 15.2 Å². The Balaban J connectivity index is 1.83. The minimum absolute atomic E-state index is 0.0528. The number of benzene rings is 2. The first-order valence-corrected chi connectivity index (χ1v) is 9.55. The molecule has 0 unspecified atom stereocenters. The molecule has 0 saturated carbocycles. The van der Waals surface area contributed by atoms with Crippen LogP contribution in [0.15, 0.2) is 41.3 Å². The van der Waals surface area contributed by atoms with Crippen LogP contribution in [0.1, 0.15) is 21.5 Å². The first-order chi connectivity index (χ1) is 13.0. The van der Waals surface area contributed by atoms with Gasteiger partial charge in [0.05, 0.1) is 25.5 Å². The summed E-state index contributed by atoms with van der Waals surface area (Å²) in [5, 5.41) is 0. The van der Waals surface area contributed by atoms with Crippen molar-refractivity contribution in [3.63, 3.8) is 0 Å². The van der Waals surface area contributed by atoms with Gasteiger partial charge in [0.25, 0.3) is 5.91 Å². The monoisotopic (exact) mass is 386 g/mol. The predicted molar refractivity (Wildman–Crippen MR) is 104 cm³/mol. The summed E-state index contributed by atoms with van der Waals surface area (Å²) >= 11 is 1.29. The summed E-state index contributed by atoms with van der Waals surface area (Å²) < 4.78 is 10.7. The molecule has 0 aliphatic carbocycles. The van der Waals surface area contributed by atoms with Crippen molar-refractivity contribution in [3.8, 4) is 11.5 Å². The van der Waals surface area contributed by atoms with Crippen LogP contribution in [0.5, 0.6) is 11.5 Å². The third-order valence-corrected chi connectivity index (χ3v) is 5.59. The van der Waals surface area contributed by atoms with E-state index in [1.807, 2.05) is 35.2 Å². The van der Waals surface area contributed by atoms with E-state index in [2.05, 4.69) is 0 Å². The van der Waals surface area contributed by atoms with Crippen molar-refractivity contribution < 1.29 is 19.1 Å². The fraction of sp³-hybridized carbons (Fsp3) is 0.300. The number of ether oxygens (including phenoxy) is 2. The smallest absolute Gasteiger partial charge is 0.255 e. The van der Waals surface area contributed by atoms with E-state index < -0.39 is 5.91 Å². The number of carbonyl (C=O) groups is 2. The second-order valence-corrected chi connectivity index (χ2v) is 7.22. The number of nitrogens with two attached hydrogens (primary N) is 1. The molecule has 0 aromatic heterocycles. The number of methoxy groups -OCH3 is 2. The number of amides is 2. The lowest BCUT2D eigenvalue weighted by Crippen LogP contribution is -2.36. The van der Waals surface area contributed by atoms with E-state index in [1.165, 1.54) is 11.8 Å². The summed E-state index contributed by atoms with van der Waals surface area (Å²) in [6.45, 7) is 1.12. The topological polar surface area (TPSA) is 81.9 Å². The zero-order valence-electron chi connectivity index (χ0n) is 15.4. The third-order valence-electron chi connectivity index (χ3n) is 4.49. The summed E-state index contributed by atoms with van der Waals surface area (Å²) in [6, 6.07) is 11.2. The zero-order valence-corrected chi connectivity index (χ0v) is 16.2. The highest BCUT2D eigenvalue weighted by Crippen LogP contribution is 2.34. The minimum Gasteiger partial charge on any atom is -0.493 e. The SMILES string of the molecule is COc1cc2c(cc1OC)CN(C(=O)c1ccccc1SCC(N)=O)CC2. The van der Waals surface area contributed by atoms with Gasteiger partial charge in [-0.15, -0.1) is 11.8 Å². The molecule has 142 valence electrons. The van der Waals surface area contributed by atoms with E-state index >= 15 is 0 Å². The lowest BCUT2D eigenvalue weighted by molar-refractivity contribution is -0.115. The van der Waals surface area contributed by atoms with Crippen molar-refractivity contribution in [2.75, 3.05) is 26.5 Å². The van der Waals surface area contributed by atoms with Crippen LogP contribution in [-0.4, -0.2) is 43.2 Å². The molecular weight excluding hydrogens is 364 g/mol. The maximum absolute atomic E-state index is 13.1. The number of hydrogen-bond donors (Lipinski definition) is 1. The van der Waals surface area contributed by atoms with E-state index in [0.717, 1.165) is 22.4 Å². The maximum atomic E-state index is 13.1. The van der Waals surface area contributed by atoms with Crippen LogP contribution in [0, 0.1) is 0 Å². The van der Waals surface area contributed by atoms with Crippen LogP contribution in [0.2, 0.25) is 0 Å². The number of primary amides is 1. The number of rotatable bonds is 6. The fourth-order valence-corrected chi connectivity index (χ4v) is 3.93. The average Bonchev–Trinajstić information content (AvgIpc) is 2.70. The molecule has 2 N–H and O–H groups in total. The molecular formula is C20H22N2O4S. The van der Waals surface area contributed by atoms with Crippen molar-refractivity contribution in [2.45, 2.75) is 17.9 Å². The van der Waals surface area contributed by atoms with Gasteiger partial charge >= 0.3 is 0 Å². The minimum atomic E-state index is -0.407. The molecule has 0 saturated heterocycles. The Hall–Kier alpha value is -2.67. The highest BCUT2D eigenvalue weighted by atomic mass is 32.2. The Labute approximate surface area is 162 Å². The number of hydrogen-bond acceptors (Lipinski definition) is 5. The summed E-state index contributed by atoms with van der Waals surface area (Å²) in [4.78, 5) is 26.8. The Morgan fingerprint density at radius 3 is 2.44 bits per heavy atom. The highest BCUT2D eigenvalue weighted by molar-refractivity contribution is 8.00. The Bertz CT molecular complexity index is 869. The third kappa shape index (κ3) is 4.19. The molecule has 1 aliphatic rings. The summed E-state index contributed by atoms with van der Waals surface area (Å²) in [7, 11) is 3.21. The standard InChI is InChI=1S/C20H22N2O4S/c1-25-16-9-13-7-8-22(11-14(13)10-17(16)26-2)20(24)15-5-3-4-6-18(15)27-12-19(21)23/h3-6,9-10H,7-8,11-12H2,1-2H3,(H2,21,23). The van der Waals surface area contributed by atoms with E-state index in [1.54, 1.807) is 20.3 Å². The quantitative estimate of drug-likeness (QED) is 0.772. The molecule has 0 bridgehead atoms. The normalized spacial score (nSPS) is 13.0. The van der Waals surface area contributed by atoms with Gasteiger partial charge in [-0.1, -0.05) is 12.1 Å². The lowest BCUT2D eigenvalue weighted by atomic mass is 9.98. The van der Waals surface area contributed by atoms with Crippen LogP contribution in [-0.2, 0) is 17.8 Å². The van der Waals surface area contributed by atoms with Crippen molar-refractivity contribution in [2.24, 2.45) is 5.73 Å². The molecule has 1 aliphatic heterocycles. The van der Waals surface area contributed by atoms with Crippen LogP contribution in [0.3, 0.4) is 0 Å². The van der Waals surface area contributed by atoms with Crippen LogP contribution >= 0.6 is 11.8 Å². The zero-order chi connectivity index (χ0) is 19.4. The summed E-state index contributed by atoms with van der Waals surface area (Å²) in [5.41, 5.74) is 8.04. The molecule has 0 radical (unpaired) electrons. The van der Waals surface area contributed by atoms with E-state index in [-0.39, 0.29) is 11.7 Å². The van der Waals surface area contributed by atoms with Gasteiger partial charge in [0, 0.05) is 18.0 Å². The van der Waals surface area contributed by atoms with E-state index in [4.69, 9.17) is 15.2 Å². The van der Waals surface area contributed by atoms with Crippen LogP contribution in [0.25, 0.3) is 0 Å². The number of thioether (sulfide) groups is 1. The van der Waals surface area contributed by atoms with Crippen LogP contribution in [0.4, 0.5) is 0 Å². The second-order valence-electron chi connectivity index (χ2n) is 6.20. The lowest BCUT2D eigenvalue weighted by Gasteiger charge is -2.30. The fourth-order valence-electron chi connectivity index (χ4n) is 3.14. The molecule has 2 aromatic carbocycles. The van der Waals surface area contributed by atoms with Crippen molar-refractivity contribution >= 4 is 23.6 Å². The number of carbonyl (C=O) groups excluding carboxylic acids is 2. The molecule has 7 heteroatoms. The van der Waals surface area contributed by atoms with Gasteiger partial charge in [-0.25, -0.2) is 0 Å². The van der Waals surface area contributed by atoms with Gasteiger partial charge in [0.1, 0.15) is 0 Å². The summed E-state index contributed by atoms with van der Waals surface area (Å²) in [5.74, 6) is 1.04. The summed E-state index contributed by atoms with van der Waals surface area (Å²) in [6.07, 6.45) is 0.748. The Morgan fingerprint density at radius 1 is 1.11 bits per heavy atom. The van der Waals surface area contributed by atoms with Crippen molar-refractivity contribution in [1.29, 1.82) is 0 Å². The molecule has 2 amide bonds. The number of nitrogens with zero attached hydrogens (tertiary/aromatic N) is 1. The molecule has 3 rings (SSSR count). The van der Waals surface area contributed by atoms with E-state index in [9.17, 15) is 9.59 Å². The van der Waals surface area contributed by atoms with Crippen molar-refractivity contribution in [3.05, 3.63) is 53.1 Å². The number of fused-ring (bicyclic) bond motifs is 1. The molecule has 0 fully saturated rings. The Morgan fingerprint density at radius 2 is 1.78 bits per heavy atom. The molecule has 6 nitrogen and oxygen atoms in total. The molecule has 27 heavy (non-hydrogen) atoms. The van der Waals surface area contributed by atoms with Gasteiger partial charge in [-0.2, -0.15) is 0 Å². The van der Waals surface area contributed by atoms with Gasteiger partial charge in [0.15, 0.2) is 11.5 Å². The molecule has 0 atom stereocenters. The molecule has 0 spiro atoms. The maximum Gasteiger partial charge on any atom is 0.255 e. The first kappa shape index (κ1) is 19.1. The molecule has 1 heterocycles. The van der Waals surface area contributed by atoms with Gasteiger partial charge in [-0.05, 0) is 41.8 Å². The second kappa shape index (κ2) is 8.35. The highest BCUT2D eigenvalue weighted by Gasteiger charge is 2.25. The predicted octanol–water partition coefficient (Wildman–Crippen LogP) is 2.48. The van der Waals surface area contributed by atoms with Crippen molar-refractivity contribution in [1.82, 2.24) is 4.90 Å². The average molecular weight is 386 g/mol. The van der Waals surface area contributed by atoms with Gasteiger partial charge in [-0.3, -0.25) is 9.59 Å².